The van der Waals surface area contributed by atoms with Crippen LogP contribution in [0.2, 0.25) is 0 Å². The van der Waals surface area contributed by atoms with Crippen LogP contribution in [0.1, 0.15) is 10.4 Å². The Morgan fingerprint density at radius 2 is 1.75 bits per heavy atom. The maximum absolute atomic E-state index is 10.8. The third-order valence-corrected chi connectivity index (χ3v) is 2.82. The summed E-state index contributed by atoms with van der Waals surface area (Å²) in [4.78, 5) is 15.1. The fourth-order valence-electron chi connectivity index (χ4n) is 1.83. The zero-order valence-corrected chi connectivity index (χ0v) is 10.1. The summed E-state index contributed by atoms with van der Waals surface area (Å²) in [6, 6.07) is 5.25. The number of aromatic carboxylic acids is 1. The normalized spacial score (nSPS) is 14.1. The van der Waals surface area contributed by atoms with Crippen molar-refractivity contribution in [2.45, 2.75) is 0 Å². The fourth-order valence-corrected chi connectivity index (χ4v) is 1.83. The highest BCUT2D eigenvalue weighted by Crippen LogP contribution is 2.31. The standard InChI is InChI=1S/C11H14N2O2.ClH/c1-12-5-6-13(2)10-7-8(11(14)15)3-4-9(10)12;/h3-4,7H,5-6H2,1-2H3,(H,14,15);1H. The molecule has 2 rings (SSSR count). The van der Waals surface area contributed by atoms with E-state index in [1.54, 1.807) is 12.1 Å². The Hall–Kier alpha value is -1.42. The van der Waals surface area contributed by atoms with Crippen LogP contribution in [0.3, 0.4) is 0 Å². The molecule has 16 heavy (non-hydrogen) atoms. The maximum Gasteiger partial charge on any atom is 0.335 e. The Bertz CT molecular complexity index is 409. The molecule has 4 nitrogen and oxygen atoms in total. The number of hydrogen-bond acceptors (Lipinski definition) is 3. The lowest BCUT2D eigenvalue weighted by Gasteiger charge is -2.34. The summed E-state index contributed by atoms with van der Waals surface area (Å²) in [5, 5.41) is 8.91. The first-order valence-corrected chi connectivity index (χ1v) is 4.89. The highest BCUT2D eigenvalue weighted by atomic mass is 35.5. The third-order valence-electron chi connectivity index (χ3n) is 2.82. The van der Waals surface area contributed by atoms with E-state index >= 15 is 0 Å². The molecule has 0 saturated carbocycles. The lowest BCUT2D eigenvalue weighted by atomic mass is 10.1. The average Bonchev–Trinajstić information content (AvgIpc) is 2.23. The molecule has 0 aliphatic carbocycles. The number of anilines is 2. The van der Waals surface area contributed by atoms with Crippen LogP contribution in [-0.2, 0) is 0 Å². The molecule has 0 radical (unpaired) electrons. The summed E-state index contributed by atoms with van der Waals surface area (Å²) in [7, 11) is 4.00. The highest BCUT2D eigenvalue weighted by Gasteiger charge is 2.18. The van der Waals surface area contributed by atoms with E-state index in [2.05, 4.69) is 9.80 Å². The number of rotatable bonds is 1. The number of hydrogen-bond donors (Lipinski definition) is 1. The Balaban J connectivity index is 0.00000128. The minimum absolute atomic E-state index is 0. The first-order chi connectivity index (χ1) is 7.09. The predicted octanol–water partition coefficient (Wildman–Crippen LogP) is 1.69. The van der Waals surface area contributed by atoms with Gasteiger partial charge in [0.2, 0.25) is 0 Å². The molecule has 1 aliphatic rings. The number of nitrogens with zero attached hydrogens (tertiary/aromatic N) is 2. The van der Waals surface area contributed by atoms with Gasteiger partial charge in [-0.15, -0.1) is 12.4 Å². The molecular formula is C11H15ClN2O2. The van der Waals surface area contributed by atoms with Crippen LogP contribution in [0.25, 0.3) is 0 Å². The van der Waals surface area contributed by atoms with Crippen molar-refractivity contribution in [3.05, 3.63) is 23.8 Å². The Morgan fingerprint density at radius 1 is 1.19 bits per heavy atom. The molecule has 0 fully saturated rings. The van der Waals surface area contributed by atoms with Crippen LogP contribution in [0.15, 0.2) is 18.2 Å². The summed E-state index contributed by atoms with van der Waals surface area (Å²) < 4.78 is 0. The van der Waals surface area contributed by atoms with Gasteiger partial charge in [-0.2, -0.15) is 0 Å². The van der Waals surface area contributed by atoms with E-state index in [-0.39, 0.29) is 12.4 Å². The number of benzene rings is 1. The lowest BCUT2D eigenvalue weighted by Crippen LogP contribution is -2.36. The second kappa shape index (κ2) is 4.61. The molecule has 1 aromatic carbocycles. The first kappa shape index (κ1) is 12.6. The molecule has 88 valence electrons. The molecule has 5 heteroatoms. The fraction of sp³-hybridized carbons (Fsp3) is 0.364. The van der Waals surface area contributed by atoms with Gasteiger partial charge in [0.25, 0.3) is 0 Å². The van der Waals surface area contributed by atoms with Crippen LogP contribution in [0.4, 0.5) is 11.4 Å². The summed E-state index contributed by atoms with van der Waals surface area (Å²) in [5.74, 6) is -0.876. The molecule has 0 aromatic heterocycles. The SMILES string of the molecule is CN1CCN(C)c2cc(C(=O)O)ccc21.Cl. The van der Waals surface area contributed by atoms with Gasteiger partial charge in [-0.25, -0.2) is 4.79 Å². The lowest BCUT2D eigenvalue weighted by molar-refractivity contribution is 0.0697. The smallest absolute Gasteiger partial charge is 0.335 e. The van der Waals surface area contributed by atoms with E-state index in [4.69, 9.17) is 5.11 Å². The van der Waals surface area contributed by atoms with Gasteiger partial charge in [-0.3, -0.25) is 0 Å². The van der Waals surface area contributed by atoms with Crippen molar-refractivity contribution in [3.8, 4) is 0 Å². The Kier molecular flexibility index (Phi) is 3.65. The van der Waals surface area contributed by atoms with Gasteiger partial charge in [-0.1, -0.05) is 0 Å². The van der Waals surface area contributed by atoms with E-state index in [0.29, 0.717) is 5.56 Å². The zero-order valence-electron chi connectivity index (χ0n) is 9.30. The van der Waals surface area contributed by atoms with Crippen molar-refractivity contribution in [1.82, 2.24) is 0 Å². The van der Waals surface area contributed by atoms with Crippen molar-refractivity contribution >= 4 is 29.8 Å². The monoisotopic (exact) mass is 242 g/mol. The third kappa shape index (κ3) is 2.07. The number of carboxylic acids is 1. The van der Waals surface area contributed by atoms with Crippen molar-refractivity contribution in [2.24, 2.45) is 0 Å². The van der Waals surface area contributed by atoms with Crippen molar-refractivity contribution in [1.29, 1.82) is 0 Å². The maximum atomic E-state index is 10.8. The summed E-state index contributed by atoms with van der Waals surface area (Å²) >= 11 is 0. The van der Waals surface area contributed by atoms with Gasteiger partial charge >= 0.3 is 5.97 Å². The molecule has 1 aromatic rings. The second-order valence-corrected chi connectivity index (χ2v) is 3.85. The average molecular weight is 243 g/mol. The van der Waals surface area contributed by atoms with E-state index in [1.807, 2.05) is 20.2 Å². The molecule has 0 spiro atoms. The number of likely N-dealkylation sites (N-methyl/N-ethyl adjacent to an activating group) is 2. The minimum atomic E-state index is -0.876. The number of carbonyl (C=O) groups is 1. The first-order valence-electron chi connectivity index (χ1n) is 4.89. The molecular weight excluding hydrogens is 228 g/mol. The molecule has 0 unspecified atom stereocenters. The van der Waals surface area contributed by atoms with Crippen molar-refractivity contribution in [2.75, 3.05) is 37.0 Å². The molecule has 0 atom stereocenters. The van der Waals surface area contributed by atoms with Crippen LogP contribution >= 0.6 is 12.4 Å². The summed E-state index contributed by atoms with van der Waals surface area (Å²) in [6.45, 7) is 1.89. The summed E-state index contributed by atoms with van der Waals surface area (Å²) in [6.07, 6.45) is 0. The van der Waals surface area contributed by atoms with E-state index in [9.17, 15) is 4.79 Å². The Labute approximate surface area is 101 Å². The molecule has 0 bridgehead atoms. The van der Waals surface area contributed by atoms with Gasteiger partial charge in [0, 0.05) is 27.2 Å². The molecule has 0 saturated heterocycles. The van der Waals surface area contributed by atoms with Crippen molar-refractivity contribution in [3.63, 3.8) is 0 Å². The van der Waals surface area contributed by atoms with Gasteiger partial charge in [-0.05, 0) is 18.2 Å². The second-order valence-electron chi connectivity index (χ2n) is 3.85. The van der Waals surface area contributed by atoms with Gasteiger partial charge in [0.1, 0.15) is 0 Å². The Morgan fingerprint density at radius 3 is 2.31 bits per heavy atom. The van der Waals surface area contributed by atoms with E-state index < -0.39 is 5.97 Å². The van der Waals surface area contributed by atoms with Crippen LogP contribution in [0, 0.1) is 0 Å². The topological polar surface area (TPSA) is 43.8 Å². The number of halogens is 1. The number of carboxylic acid groups (broad SMARTS) is 1. The molecule has 0 amide bonds. The van der Waals surface area contributed by atoms with Crippen LogP contribution < -0.4 is 9.80 Å². The van der Waals surface area contributed by atoms with Gasteiger partial charge < -0.3 is 14.9 Å². The quantitative estimate of drug-likeness (QED) is 0.814. The minimum Gasteiger partial charge on any atom is -0.478 e. The van der Waals surface area contributed by atoms with E-state index in [1.165, 1.54) is 0 Å². The highest BCUT2D eigenvalue weighted by molar-refractivity contribution is 5.91. The van der Waals surface area contributed by atoms with Gasteiger partial charge in [0.15, 0.2) is 0 Å². The number of fused-ring (bicyclic) bond motifs is 1. The zero-order chi connectivity index (χ0) is 11.0. The molecule has 1 N–H and O–H groups in total. The van der Waals surface area contributed by atoms with Crippen LogP contribution in [0.5, 0.6) is 0 Å². The van der Waals surface area contributed by atoms with Crippen molar-refractivity contribution < 1.29 is 9.90 Å². The molecule has 1 aliphatic heterocycles. The predicted molar refractivity (Wildman–Crippen MR) is 67.2 cm³/mol. The van der Waals surface area contributed by atoms with E-state index in [0.717, 1.165) is 24.5 Å². The van der Waals surface area contributed by atoms with Gasteiger partial charge in [0.05, 0.1) is 16.9 Å². The van der Waals surface area contributed by atoms with Crippen LogP contribution in [-0.4, -0.2) is 38.3 Å². The summed E-state index contributed by atoms with van der Waals surface area (Å²) in [5.41, 5.74) is 2.42. The molecule has 1 heterocycles. The largest absolute Gasteiger partial charge is 0.478 e.